The maximum absolute atomic E-state index is 13.8. The van der Waals surface area contributed by atoms with Gasteiger partial charge in [0.05, 0.1) is 21.8 Å². The fraction of sp³-hybridized carbons (Fsp3) is 0. The molecule has 0 radical (unpaired) electrons. The van der Waals surface area contributed by atoms with E-state index in [1.165, 1.54) is 0 Å². The van der Waals surface area contributed by atoms with Gasteiger partial charge in [0, 0.05) is 10.8 Å². The summed E-state index contributed by atoms with van der Waals surface area (Å²) in [5.74, 6) is -1.81. The summed E-state index contributed by atoms with van der Waals surface area (Å²) in [5.41, 5.74) is -1.21. The van der Waals surface area contributed by atoms with Gasteiger partial charge in [0.2, 0.25) is 22.3 Å². The van der Waals surface area contributed by atoms with Crippen LogP contribution in [0.4, 0.5) is 17.3 Å². The minimum Gasteiger partial charge on any atom is -0.323 e. The van der Waals surface area contributed by atoms with E-state index in [9.17, 15) is 56.7 Å². The third kappa shape index (κ3) is 7.00. The molecular weight excluding hydrogens is 767 g/mol. The second kappa shape index (κ2) is 12.1. The molecule has 252 valence electrons. The largest absolute Gasteiger partial charge is 0.323 e. The molecule has 0 saturated carbocycles. The second-order valence-electron chi connectivity index (χ2n) is 9.36. The molecule has 1 aromatic heterocycles. The average molecular weight is 782 g/mol. The number of carbonyl (C=O) groups is 1. The topological polar surface area (TPSA) is 310 Å². The number of Topliss-reactive ketones (excluding diaryl/α,β-unsaturated/α-hetero) is 1. The van der Waals surface area contributed by atoms with Crippen molar-refractivity contribution in [3.8, 4) is 0 Å². The smallest absolute Gasteiger partial charge is 0.297 e. The minimum atomic E-state index is -5.37. The van der Waals surface area contributed by atoms with Crippen molar-refractivity contribution in [2.75, 3.05) is 10.7 Å². The lowest BCUT2D eigenvalue weighted by Crippen LogP contribution is -2.28. The molecule has 48 heavy (non-hydrogen) atoms. The molecule has 0 saturated heterocycles. The summed E-state index contributed by atoms with van der Waals surface area (Å²) >= 11 is 11.5. The number of fused-ring (bicyclic) bond motifs is 2. The monoisotopic (exact) mass is 780 g/mol. The van der Waals surface area contributed by atoms with E-state index in [0.717, 1.165) is 36.4 Å². The van der Waals surface area contributed by atoms with Crippen molar-refractivity contribution in [3.05, 3.63) is 69.1 Å². The first-order valence-corrected chi connectivity index (χ1v) is 18.7. The van der Waals surface area contributed by atoms with Gasteiger partial charge in [0.25, 0.3) is 40.5 Å². The maximum atomic E-state index is 13.8. The molecule has 4 aromatic rings. The lowest BCUT2D eigenvalue weighted by Gasteiger charge is -2.20. The molecule has 5 rings (SSSR count). The summed E-state index contributed by atoms with van der Waals surface area (Å²) in [6.45, 7) is 0. The Hall–Kier alpha value is -4.17. The summed E-state index contributed by atoms with van der Waals surface area (Å²) in [5, 5.41) is 4.40. The first-order chi connectivity index (χ1) is 22.1. The highest BCUT2D eigenvalue weighted by atomic mass is 35.5. The standard InChI is InChI=1S/C23H14Cl2N6O13S4/c24-21-27-22(25)29-23(28-21)26-14-8-10(45(33,34)35)6-9-7-16(47(39,40)41)18(19(32)17(9)14)31-30-13-5-4-11-12(20(13)48(42,43)44)2-1-3-15(11)46(36,37)38/h1-8,30H,(H,33,34,35)(H,36,37,38)(H,39,40,41)(H,42,43,44)(H,26,27,28,29)/b31-18+. The van der Waals surface area contributed by atoms with E-state index >= 15 is 0 Å². The van der Waals surface area contributed by atoms with E-state index in [1.807, 2.05) is 0 Å². The van der Waals surface area contributed by atoms with Gasteiger partial charge in [-0.2, -0.15) is 53.7 Å². The number of allylic oxidation sites excluding steroid dienone is 1. The van der Waals surface area contributed by atoms with E-state index < -0.39 is 116 Å². The Morgan fingerprint density at radius 2 is 1.35 bits per heavy atom. The fourth-order valence-corrected chi connectivity index (χ4v) is 7.62. The molecule has 0 fully saturated rings. The lowest BCUT2D eigenvalue weighted by atomic mass is 9.93. The van der Waals surface area contributed by atoms with Crippen LogP contribution in [-0.4, -0.2) is 78.3 Å². The highest BCUT2D eigenvalue weighted by Crippen LogP contribution is 2.36. The van der Waals surface area contributed by atoms with Gasteiger partial charge in [-0.1, -0.05) is 18.2 Å². The predicted octanol–water partition coefficient (Wildman–Crippen LogP) is 2.71. The molecule has 1 aliphatic carbocycles. The van der Waals surface area contributed by atoms with Crippen molar-refractivity contribution in [1.29, 1.82) is 0 Å². The normalized spacial score (nSPS) is 14.9. The van der Waals surface area contributed by atoms with Crippen molar-refractivity contribution < 1.29 is 56.7 Å². The van der Waals surface area contributed by atoms with Crippen molar-refractivity contribution in [1.82, 2.24) is 15.0 Å². The predicted molar refractivity (Wildman–Crippen MR) is 168 cm³/mol. The van der Waals surface area contributed by atoms with Gasteiger partial charge >= 0.3 is 0 Å². The van der Waals surface area contributed by atoms with Gasteiger partial charge in [-0.3, -0.25) is 28.4 Å². The third-order valence-electron chi connectivity index (χ3n) is 6.30. The quantitative estimate of drug-likeness (QED) is 0.111. The van der Waals surface area contributed by atoms with Crippen molar-refractivity contribution in [2.45, 2.75) is 14.7 Å². The number of nitrogens with zero attached hydrogens (tertiary/aromatic N) is 4. The third-order valence-corrected chi connectivity index (χ3v) is 10.2. The summed E-state index contributed by atoms with van der Waals surface area (Å²) in [7, 11) is -20.5. The Morgan fingerprint density at radius 1 is 0.708 bits per heavy atom. The Kier molecular flexibility index (Phi) is 8.83. The average Bonchev–Trinajstić information content (AvgIpc) is 2.93. The van der Waals surface area contributed by atoms with Gasteiger partial charge in [-0.15, -0.1) is 0 Å². The zero-order chi connectivity index (χ0) is 35.6. The van der Waals surface area contributed by atoms with E-state index in [0.29, 0.717) is 12.1 Å². The zero-order valence-corrected chi connectivity index (χ0v) is 27.5. The van der Waals surface area contributed by atoms with Crippen LogP contribution in [0, 0.1) is 0 Å². The molecule has 1 heterocycles. The number of benzene rings is 3. The summed E-state index contributed by atoms with van der Waals surface area (Å²) in [4.78, 5) is 21.0. The van der Waals surface area contributed by atoms with Gasteiger partial charge in [-0.05, 0) is 59.1 Å². The van der Waals surface area contributed by atoms with Gasteiger partial charge in [0.15, 0.2) is 5.71 Å². The Bertz CT molecular complexity index is 2590. The van der Waals surface area contributed by atoms with E-state index in [2.05, 4.69) is 30.8 Å². The highest BCUT2D eigenvalue weighted by Gasteiger charge is 2.36. The number of halogens is 2. The number of hydrogen-bond acceptors (Lipinski definition) is 15. The molecule has 0 atom stereocenters. The van der Waals surface area contributed by atoms with Crippen LogP contribution in [0.15, 0.2) is 67.2 Å². The van der Waals surface area contributed by atoms with Crippen molar-refractivity contribution in [2.24, 2.45) is 5.10 Å². The number of aromatic nitrogens is 3. The van der Waals surface area contributed by atoms with Gasteiger partial charge in [-0.25, -0.2) is 0 Å². The van der Waals surface area contributed by atoms with Crippen LogP contribution in [0.1, 0.15) is 15.9 Å². The molecule has 1 aliphatic rings. The van der Waals surface area contributed by atoms with Crippen LogP contribution >= 0.6 is 23.2 Å². The van der Waals surface area contributed by atoms with E-state index in [1.54, 1.807) is 0 Å². The molecule has 0 bridgehead atoms. The molecule has 3 aromatic carbocycles. The van der Waals surface area contributed by atoms with Gasteiger partial charge < -0.3 is 5.32 Å². The lowest BCUT2D eigenvalue weighted by molar-refractivity contribution is 0.106. The van der Waals surface area contributed by atoms with E-state index in [4.69, 9.17) is 23.2 Å². The number of hydrazone groups is 1. The molecular formula is C23H14Cl2N6O13S4. The Labute approximate surface area is 279 Å². The molecule has 0 amide bonds. The first-order valence-electron chi connectivity index (χ1n) is 12.1. The second-order valence-corrected chi connectivity index (χ2v) is 15.6. The number of hydrogen-bond donors (Lipinski definition) is 6. The summed E-state index contributed by atoms with van der Waals surface area (Å²) in [6, 6.07) is 6.31. The van der Waals surface area contributed by atoms with Crippen LogP contribution in [0.3, 0.4) is 0 Å². The van der Waals surface area contributed by atoms with Crippen molar-refractivity contribution in [3.63, 3.8) is 0 Å². The number of ketones is 1. The SMILES string of the molecule is O=C1/C(=N/Nc2ccc3c(S(=O)(=O)O)cccc3c2S(=O)(=O)O)C(S(=O)(=O)O)=Cc2cc(S(=O)(=O)O)cc(Nc3nc(Cl)nc(Cl)n3)c21. The first kappa shape index (κ1) is 35.1. The summed E-state index contributed by atoms with van der Waals surface area (Å²) in [6.07, 6.45) is 0.599. The van der Waals surface area contributed by atoms with Crippen LogP contribution in [0.5, 0.6) is 0 Å². The molecule has 0 aliphatic heterocycles. The number of rotatable bonds is 8. The number of anilines is 3. The number of nitrogens with one attached hydrogen (secondary N) is 2. The Balaban J connectivity index is 1.74. The van der Waals surface area contributed by atoms with Crippen LogP contribution < -0.4 is 10.7 Å². The maximum Gasteiger partial charge on any atom is 0.297 e. The van der Waals surface area contributed by atoms with E-state index in [-0.39, 0.29) is 5.39 Å². The molecule has 0 spiro atoms. The highest BCUT2D eigenvalue weighted by molar-refractivity contribution is 7.91. The Morgan fingerprint density at radius 3 is 1.92 bits per heavy atom. The zero-order valence-electron chi connectivity index (χ0n) is 22.8. The van der Waals surface area contributed by atoms with Crippen molar-refractivity contribution >= 4 is 109 Å². The van der Waals surface area contributed by atoms with Crippen LogP contribution in [0.2, 0.25) is 10.6 Å². The van der Waals surface area contributed by atoms with Gasteiger partial charge in [0.1, 0.15) is 14.7 Å². The van der Waals surface area contributed by atoms with Crippen LogP contribution in [-0.2, 0) is 40.5 Å². The molecule has 25 heteroatoms. The number of carbonyl (C=O) groups excluding carboxylic acids is 1. The minimum absolute atomic E-state index is 0.365. The van der Waals surface area contributed by atoms with Crippen LogP contribution in [0.25, 0.3) is 16.8 Å². The molecule has 0 unspecified atom stereocenters. The molecule has 6 N–H and O–H groups in total. The summed E-state index contributed by atoms with van der Waals surface area (Å²) < 4.78 is 137. The fourth-order valence-electron chi connectivity index (χ4n) is 4.50. The molecule has 19 nitrogen and oxygen atoms in total.